The molecule has 0 atom stereocenters. The molecule has 2 aliphatic rings. The second-order valence-corrected chi connectivity index (χ2v) is 6.61. The van der Waals surface area contributed by atoms with E-state index in [1.54, 1.807) is 11.3 Å². The lowest BCUT2D eigenvalue weighted by Crippen LogP contribution is -2.26. The van der Waals surface area contributed by atoms with Crippen LogP contribution in [0.1, 0.15) is 22.5 Å². The minimum absolute atomic E-state index is 0.159. The van der Waals surface area contributed by atoms with E-state index in [1.807, 2.05) is 35.2 Å². The molecule has 0 radical (unpaired) electrons. The van der Waals surface area contributed by atoms with Crippen LogP contribution in [-0.2, 0) is 0 Å². The third-order valence-electron chi connectivity index (χ3n) is 4.04. The highest BCUT2D eigenvalue weighted by Gasteiger charge is 2.21. The average Bonchev–Trinajstić information content (AvgIpc) is 3.25. The zero-order valence-electron chi connectivity index (χ0n) is 12.2. The zero-order chi connectivity index (χ0) is 14.9. The molecule has 1 fully saturated rings. The van der Waals surface area contributed by atoms with Gasteiger partial charge in [0.25, 0.3) is 5.91 Å². The molecule has 3 heterocycles. The van der Waals surface area contributed by atoms with Gasteiger partial charge in [-0.25, -0.2) is 0 Å². The summed E-state index contributed by atoms with van der Waals surface area (Å²) in [5.74, 6) is 1.73. The van der Waals surface area contributed by atoms with Crippen molar-refractivity contribution in [2.24, 2.45) is 0 Å². The van der Waals surface area contributed by atoms with Gasteiger partial charge in [-0.05, 0) is 48.7 Å². The molecular weight excluding hydrogens is 298 g/mol. The van der Waals surface area contributed by atoms with Gasteiger partial charge in [0.1, 0.15) is 13.2 Å². The van der Waals surface area contributed by atoms with E-state index in [-0.39, 0.29) is 5.91 Å². The normalized spacial score (nSPS) is 16.8. The fourth-order valence-corrected chi connectivity index (χ4v) is 3.85. The summed E-state index contributed by atoms with van der Waals surface area (Å²) in [5.41, 5.74) is 1.06. The van der Waals surface area contributed by atoms with Gasteiger partial charge < -0.3 is 14.4 Å². The van der Waals surface area contributed by atoms with E-state index in [1.165, 1.54) is 0 Å². The van der Waals surface area contributed by atoms with Crippen molar-refractivity contribution in [1.29, 1.82) is 0 Å². The van der Waals surface area contributed by atoms with Gasteiger partial charge in [-0.15, -0.1) is 11.3 Å². The first-order valence-electron chi connectivity index (χ1n) is 7.60. The molecule has 2 aromatic rings. The first-order valence-corrected chi connectivity index (χ1v) is 8.42. The molecule has 0 saturated carbocycles. The van der Waals surface area contributed by atoms with Crippen molar-refractivity contribution in [2.45, 2.75) is 12.8 Å². The summed E-state index contributed by atoms with van der Waals surface area (Å²) in [4.78, 5) is 16.3. The van der Waals surface area contributed by atoms with Gasteiger partial charge in [0.05, 0.1) is 4.88 Å². The van der Waals surface area contributed by atoms with E-state index in [0.717, 1.165) is 52.7 Å². The number of rotatable bonds is 2. The molecule has 1 amide bonds. The van der Waals surface area contributed by atoms with E-state index in [9.17, 15) is 4.79 Å². The molecular formula is C17H17NO3S. The summed E-state index contributed by atoms with van der Waals surface area (Å²) in [5, 5.41) is 0. The van der Waals surface area contributed by atoms with Crippen molar-refractivity contribution in [3.8, 4) is 21.9 Å². The van der Waals surface area contributed by atoms with Crippen molar-refractivity contribution in [3.63, 3.8) is 0 Å². The molecule has 22 heavy (non-hydrogen) atoms. The summed E-state index contributed by atoms with van der Waals surface area (Å²) in [6.45, 7) is 2.95. The molecule has 1 aromatic heterocycles. The highest BCUT2D eigenvalue weighted by atomic mass is 32.1. The Labute approximate surface area is 133 Å². The number of benzene rings is 1. The molecule has 114 valence electrons. The molecule has 1 saturated heterocycles. The Hall–Kier alpha value is -2.01. The summed E-state index contributed by atoms with van der Waals surface area (Å²) >= 11 is 1.54. The van der Waals surface area contributed by atoms with Gasteiger partial charge in [0.15, 0.2) is 11.5 Å². The van der Waals surface area contributed by atoms with Gasteiger partial charge in [0, 0.05) is 18.0 Å². The summed E-state index contributed by atoms with van der Waals surface area (Å²) in [6, 6.07) is 9.89. The second-order valence-electron chi connectivity index (χ2n) is 5.52. The molecule has 0 unspecified atom stereocenters. The van der Waals surface area contributed by atoms with Crippen molar-refractivity contribution in [2.75, 3.05) is 26.3 Å². The maximum Gasteiger partial charge on any atom is 0.263 e. The predicted molar refractivity (Wildman–Crippen MR) is 85.9 cm³/mol. The first-order chi connectivity index (χ1) is 10.8. The highest BCUT2D eigenvalue weighted by molar-refractivity contribution is 7.17. The summed E-state index contributed by atoms with van der Waals surface area (Å²) in [7, 11) is 0. The van der Waals surface area contributed by atoms with Crippen LogP contribution in [0.4, 0.5) is 0 Å². The van der Waals surface area contributed by atoms with Crippen molar-refractivity contribution in [3.05, 3.63) is 35.2 Å². The zero-order valence-corrected chi connectivity index (χ0v) is 13.0. The topological polar surface area (TPSA) is 38.8 Å². The van der Waals surface area contributed by atoms with E-state index in [4.69, 9.17) is 9.47 Å². The largest absolute Gasteiger partial charge is 0.486 e. The van der Waals surface area contributed by atoms with E-state index >= 15 is 0 Å². The number of fused-ring (bicyclic) bond motifs is 1. The highest BCUT2D eigenvalue weighted by Crippen LogP contribution is 2.37. The van der Waals surface area contributed by atoms with Gasteiger partial charge in [-0.1, -0.05) is 0 Å². The third kappa shape index (κ3) is 2.46. The maximum absolute atomic E-state index is 12.4. The Bertz CT molecular complexity index is 704. The number of carbonyl (C=O) groups excluding carboxylic acids is 1. The molecule has 5 heteroatoms. The summed E-state index contributed by atoms with van der Waals surface area (Å²) in [6.07, 6.45) is 2.23. The average molecular weight is 315 g/mol. The van der Waals surface area contributed by atoms with Crippen LogP contribution >= 0.6 is 11.3 Å². The van der Waals surface area contributed by atoms with Crippen LogP contribution in [0.2, 0.25) is 0 Å². The molecule has 2 aliphatic heterocycles. The van der Waals surface area contributed by atoms with Crippen molar-refractivity contribution >= 4 is 17.2 Å². The lowest BCUT2D eigenvalue weighted by Gasteiger charge is -2.18. The molecule has 0 N–H and O–H groups in total. The quantitative estimate of drug-likeness (QED) is 0.852. The van der Waals surface area contributed by atoms with Crippen LogP contribution in [0.5, 0.6) is 11.5 Å². The minimum Gasteiger partial charge on any atom is -0.486 e. The fraction of sp³-hybridized carbons (Fsp3) is 0.353. The lowest BCUT2D eigenvalue weighted by atomic mass is 10.1. The maximum atomic E-state index is 12.4. The van der Waals surface area contributed by atoms with Crippen LogP contribution in [-0.4, -0.2) is 37.1 Å². The number of likely N-dealkylation sites (tertiary alicyclic amines) is 1. The standard InChI is InChI=1S/C17H17NO3S/c19-17(18-7-1-2-8-18)16-6-5-15(22-16)12-3-4-13-14(11-12)21-10-9-20-13/h3-6,11H,1-2,7-10H2. The van der Waals surface area contributed by atoms with Crippen LogP contribution in [0.15, 0.2) is 30.3 Å². The molecule has 0 bridgehead atoms. The number of amides is 1. The van der Waals surface area contributed by atoms with Gasteiger partial charge in [-0.3, -0.25) is 4.79 Å². The van der Waals surface area contributed by atoms with Gasteiger partial charge in [-0.2, -0.15) is 0 Å². The SMILES string of the molecule is O=C(c1ccc(-c2ccc3c(c2)OCCO3)s1)N1CCCC1. The minimum atomic E-state index is 0.159. The Morgan fingerprint density at radius 2 is 1.77 bits per heavy atom. The molecule has 0 spiro atoms. The second kappa shape index (κ2) is 5.65. The van der Waals surface area contributed by atoms with Crippen molar-refractivity contribution in [1.82, 2.24) is 4.90 Å². The number of thiophene rings is 1. The Morgan fingerprint density at radius 1 is 1.00 bits per heavy atom. The van der Waals surface area contributed by atoms with Crippen LogP contribution in [0.3, 0.4) is 0 Å². The predicted octanol–water partition coefficient (Wildman–Crippen LogP) is 3.42. The van der Waals surface area contributed by atoms with E-state index in [0.29, 0.717) is 13.2 Å². The van der Waals surface area contributed by atoms with Gasteiger partial charge >= 0.3 is 0 Å². The molecule has 4 nitrogen and oxygen atoms in total. The Balaban J connectivity index is 1.59. The van der Waals surface area contributed by atoms with E-state index in [2.05, 4.69) is 0 Å². The molecule has 1 aromatic carbocycles. The van der Waals surface area contributed by atoms with Crippen LogP contribution in [0.25, 0.3) is 10.4 Å². The van der Waals surface area contributed by atoms with Crippen LogP contribution in [0, 0.1) is 0 Å². The fourth-order valence-electron chi connectivity index (χ4n) is 2.88. The van der Waals surface area contributed by atoms with Crippen LogP contribution < -0.4 is 9.47 Å². The number of ether oxygens (including phenoxy) is 2. The molecule has 0 aliphatic carbocycles. The van der Waals surface area contributed by atoms with Gasteiger partial charge in [0.2, 0.25) is 0 Å². The van der Waals surface area contributed by atoms with Crippen molar-refractivity contribution < 1.29 is 14.3 Å². The molecule has 4 rings (SSSR count). The first kappa shape index (κ1) is 13.6. The number of carbonyl (C=O) groups is 1. The number of hydrogen-bond acceptors (Lipinski definition) is 4. The lowest BCUT2D eigenvalue weighted by molar-refractivity contribution is 0.0797. The van der Waals surface area contributed by atoms with E-state index < -0.39 is 0 Å². The third-order valence-corrected chi connectivity index (χ3v) is 5.16. The Morgan fingerprint density at radius 3 is 2.59 bits per heavy atom. The summed E-state index contributed by atoms with van der Waals surface area (Å²) < 4.78 is 11.2. The number of nitrogens with zero attached hydrogens (tertiary/aromatic N) is 1. The number of hydrogen-bond donors (Lipinski definition) is 0. The Kier molecular flexibility index (Phi) is 3.50. The smallest absolute Gasteiger partial charge is 0.263 e. The monoisotopic (exact) mass is 315 g/mol.